The molecule has 0 aromatic rings. The van der Waals surface area contributed by atoms with Crippen LogP contribution in [-0.2, 0) is 14.4 Å². The van der Waals surface area contributed by atoms with Gasteiger partial charge >= 0.3 is 0 Å². The fourth-order valence-electron chi connectivity index (χ4n) is 3.32. The minimum atomic E-state index is -0.179. The van der Waals surface area contributed by atoms with Crippen molar-refractivity contribution in [1.82, 2.24) is 20.0 Å². The molecule has 2 fully saturated rings. The molecule has 0 aliphatic carbocycles. The molecule has 3 amide bonds. The number of likely N-dealkylation sites (N-methyl/N-ethyl adjacent to an activating group) is 1. The molecular formula is C24H46N4O3. The number of carbonyl (C=O) groups excluding carboxylic acids is 3. The van der Waals surface area contributed by atoms with Crippen LogP contribution in [0, 0.1) is 5.92 Å². The van der Waals surface area contributed by atoms with Gasteiger partial charge in [-0.25, -0.2) is 0 Å². The Bertz CT molecular complexity index is 553. The van der Waals surface area contributed by atoms with Gasteiger partial charge in [0.1, 0.15) is 0 Å². The molecule has 2 heterocycles. The third-order valence-corrected chi connectivity index (χ3v) is 5.34. The quantitative estimate of drug-likeness (QED) is 0.490. The van der Waals surface area contributed by atoms with Crippen molar-refractivity contribution < 1.29 is 14.4 Å². The Labute approximate surface area is 190 Å². The summed E-state index contributed by atoms with van der Waals surface area (Å²) >= 11 is 0. The van der Waals surface area contributed by atoms with Crippen LogP contribution in [0.4, 0.5) is 0 Å². The maximum absolute atomic E-state index is 12.1. The summed E-state index contributed by atoms with van der Waals surface area (Å²) in [6.07, 6.45) is 8.94. The number of nitrogens with one attached hydrogen (secondary N) is 1. The molecule has 2 saturated heterocycles. The lowest BCUT2D eigenvalue weighted by molar-refractivity contribution is -0.132. The topological polar surface area (TPSA) is 73.0 Å². The highest BCUT2D eigenvalue weighted by atomic mass is 16.2. The number of piperidine rings is 1. The van der Waals surface area contributed by atoms with E-state index in [9.17, 15) is 14.4 Å². The van der Waals surface area contributed by atoms with Gasteiger partial charge in [-0.3, -0.25) is 14.4 Å². The zero-order chi connectivity index (χ0) is 23.8. The molecule has 2 rings (SSSR count). The number of amides is 3. The standard InChI is InChI=1S/C15H25N3O3.C6H13N.C3H8/c1-11(2)13(17(4)14(20)9-16-10-19)8-12(3)15(21)18-6-5-7-18;1-7-5-3-2-4-6-7;1-3-2/h8,10-11,13H,5-7,9H2,1-4H3,(H,16,19);2-6H2,1H3;3H2,1-2H3/b12-8+;;/t13-;;/m1../s1. The Kier molecular flexibility index (Phi) is 15.7. The van der Waals surface area contributed by atoms with Crippen LogP contribution in [0.1, 0.15) is 66.7 Å². The molecule has 0 aromatic heterocycles. The zero-order valence-corrected chi connectivity index (χ0v) is 20.9. The first kappa shape index (κ1) is 29.1. The highest BCUT2D eigenvalue weighted by molar-refractivity contribution is 5.93. The second kappa shape index (κ2) is 16.8. The van der Waals surface area contributed by atoms with Gasteiger partial charge < -0.3 is 20.0 Å². The first-order valence-electron chi connectivity index (χ1n) is 11.8. The summed E-state index contributed by atoms with van der Waals surface area (Å²) in [5.74, 6) is 0.0364. The van der Waals surface area contributed by atoms with Crippen molar-refractivity contribution in [3.8, 4) is 0 Å². The van der Waals surface area contributed by atoms with Crippen molar-refractivity contribution in [3.05, 3.63) is 11.6 Å². The largest absolute Gasteiger partial charge is 0.350 e. The summed E-state index contributed by atoms with van der Waals surface area (Å²) in [5.41, 5.74) is 0.663. The lowest BCUT2D eigenvalue weighted by Crippen LogP contribution is -2.45. The van der Waals surface area contributed by atoms with E-state index in [1.165, 1.54) is 38.8 Å². The van der Waals surface area contributed by atoms with Crippen molar-refractivity contribution in [2.75, 3.05) is 46.8 Å². The molecule has 31 heavy (non-hydrogen) atoms. The lowest BCUT2D eigenvalue weighted by atomic mass is 9.99. The van der Waals surface area contributed by atoms with Crippen LogP contribution in [0.2, 0.25) is 0 Å². The third-order valence-electron chi connectivity index (χ3n) is 5.34. The fraction of sp³-hybridized carbons (Fsp3) is 0.792. The van der Waals surface area contributed by atoms with E-state index in [4.69, 9.17) is 0 Å². The molecule has 0 aromatic carbocycles. The summed E-state index contributed by atoms with van der Waals surface area (Å²) in [4.78, 5) is 40.2. The van der Waals surface area contributed by atoms with Gasteiger partial charge in [0.05, 0.1) is 12.6 Å². The Balaban J connectivity index is 0.000000739. The van der Waals surface area contributed by atoms with E-state index in [2.05, 4.69) is 31.1 Å². The molecule has 0 unspecified atom stereocenters. The highest BCUT2D eigenvalue weighted by Crippen LogP contribution is 2.16. The normalized spacial score (nSPS) is 17.3. The monoisotopic (exact) mass is 438 g/mol. The van der Waals surface area contributed by atoms with Crippen LogP contribution in [-0.4, -0.2) is 85.8 Å². The van der Waals surface area contributed by atoms with Gasteiger partial charge in [0, 0.05) is 25.7 Å². The van der Waals surface area contributed by atoms with Crippen LogP contribution in [0.25, 0.3) is 0 Å². The number of hydrogen-bond donors (Lipinski definition) is 1. The number of carbonyl (C=O) groups is 3. The molecule has 1 atom stereocenters. The summed E-state index contributed by atoms with van der Waals surface area (Å²) in [6.45, 7) is 14.3. The summed E-state index contributed by atoms with van der Waals surface area (Å²) < 4.78 is 0. The van der Waals surface area contributed by atoms with E-state index >= 15 is 0 Å². The van der Waals surface area contributed by atoms with Gasteiger partial charge in [0.2, 0.25) is 18.2 Å². The second-order valence-corrected chi connectivity index (χ2v) is 8.80. The molecule has 0 bridgehead atoms. The Morgan fingerprint density at radius 3 is 1.94 bits per heavy atom. The number of rotatable bonds is 7. The molecule has 2 aliphatic heterocycles. The van der Waals surface area contributed by atoms with Gasteiger partial charge in [-0.05, 0) is 52.2 Å². The first-order chi connectivity index (χ1) is 14.7. The third kappa shape index (κ3) is 11.9. The van der Waals surface area contributed by atoms with Crippen LogP contribution in [0.5, 0.6) is 0 Å². The minimum absolute atomic E-state index is 0.0316. The number of likely N-dealkylation sites (tertiary alicyclic amines) is 2. The average molecular weight is 439 g/mol. The van der Waals surface area contributed by atoms with Crippen molar-refractivity contribution in [1.29, 1.82) is 0 Å². The molecule has 7 nitrogen and oxygen atoms in total. The van der Waals surface area contributed by atoms with Gasteiger partial charge in [-0.15, -0.1) is 0 Å². The predicted octanol–water partition coefficient (Wildman–Crippen LogP) is 2.91. The van der Waals surface area contributed by atoms with Crippen LogP contribution < -0.4 is 5.32 Å². The Morgan fingerprint density at radius 2 is 1.58 bits per heavy atom. The summed E-state index contributed by atoms with van der Waals surface area (Å²) in [5, 5.41) is 2.37. The number of nitrogens with zero attached hydrogens (tertiary/aromatic N) is 3. The van der Waals surface area contributed by atoms with E-state index in [1.54, 1.807) is 23.8 Å². The second-order valence-electron chi connectivity index (χ2n) is 8.80. The van der Waals surface area contributed by atoms with Crippen molar-refractivity contribution in [2.24, 2.45) is 5.92 Å². The SMILES string of the molecule is C/C(=C\[C@H](C(C)C)N(C)C(=O)CNC=O)C(=O)N1CCC1.CCC.CN1CCCCC1. The summed E-state index contributed by atoms with van der Waals surface area (Å²) in [6, 6.07) is -0.170. The summed E-state index contributed by atoms with van der Waals surface area (Å²) in [7, 11) is 3.89. The van der Waals surface area contributed by atoms with Crippen LogP contribution in [0.3, 0.4) is 0 Å². The molecule has 2 aliphatic rings. The fourth-order valence-corrected chi connectivity index (χ4v) is 3.32. The van der Waals surface area contributed by atoms with Crippen molar-refractivity contribution in [2.45, 2.75) is 72.8 Å². The molecule has 0 radical (unpaired) electrons. The van der Waals surface area contributed by atoms with Gasteiger partial charge in [-0.1, -0.05) is 46.6 Å². The molecule has 180 valence electrons. The molecular weight excluding hydrogens is 392 g/mol. The number of hydrogen-bond acceptors (Lipinski definition) is 4. The van der Waals surface area contributed by atoms with Gasteiger partial charge in [-0.2, -0.15) is 0 Å². The smallest absolute Gasteiger partial charge is 0.249 e. The van der Waals surface area contributed by atoms with Crippen molar-refractivity contribution in [3.63, 3.8) is 0 Å². The first-order valence-corrected chi connectivity index (χ1v) is 11.8. The average Bonchev–Trinajstić information content (AvgIpc) is 2.69. The van der Waals surface area contributed by atoms with Gasteiger partial charge in [0.15, 0.2) is 0 Å². The zero-order valence-electron chi connectivity index (χ0n) is 20.9. The van der Waals surface area contributed by atoms with E-state index in [0.717, 1.165) is 19.5 Å². The van der Waals surface area contributed by atoms with E-state index in [1.807, 2.05) is 19.9 Å². The predicted molar refractivity (Wildman–Crippen MR) is 128 cm³/mol. The Hall–Kier alpha value is -1.89. The highest BCUT2D eigenvalue weighted by Gasteiger charge is 2.25. The van der Waals surface area contributed by atoms with E-state index in [-0.39, 0.29) is 30.3 Å². The maximum Gasteiger partial charge on any atom is 0.249 e. The van der Waals surface area contributed by atoms with E-state index < -0.39 is 0 Å². The minimum Gasteiger partial charge on any atom is -0.350 e. The van der Waals surface area contributed by atoms with Gasteiger partial charge in [0.25, 0.3) is 0 Å². The maximum atomic E-state index is 12.1. The Morgan fingerprint density at radius 1 is 1.03 bits per heavy atom. The lowest BCUT2D eigenvalue weighted by Gasteiger charge is -2.33. The van der Waals surface area contributed by atoms with Crippen LogP contribution in [0.15, 0.2) is 11.6 Å². The van der Waals surface area contributed by atoms with E-state index in [0.29, 0.717) is 12.0 Å². The molecule has 1 N–H and O–H groups in total. The van der Waals surface area contributed by atoms with Crippen molar-refractivity contribution >= 4 is 18.2 Å². The van der Waals surface area contributed by atoms with Crippen LogP contribution >= 0.6 is 0 Å². The molecule has 7 heteroatoms. The molecule has 0 saturated carbocycles. The molecule has 0 spiro atoms.